The van der Waals surface area contributed by atoms with Crippen LogP contribution in [0.2, 0.25) is 0 Å². The Morgan fingerprint density at radius 1 is 1.52 bits per heavy atom. The molecule has 0 radical (unpaired) electrons. The lowest BCUT2D eigenvalue weighted by Crippen LogP contribution is -2.36. The van der Waals surface area contributed by atoms with Gasteiger partial charge in [0.2, 0.25) is 0 Å². The lowest BCUT2D eigenvalue weighted by molar-refractivity contribution is 0.0829. The molecule has 21 heavy (non-hydrogen) atoms. The van der Waals surface area contributed by atoms with Gasteiger partial charge < -0.3 is 14.6 Å². The normalized spacial score (nSPS) is 20.3. The Bertz CT molecular complexity index is 404. The molecule has 1 N–H and O–H groups in total. The van der Waals surface area contributed by atoms with Crippen molar-refractivity contribution in [2.24, 2.45) is 11.8 Å². The zero-order valence-electron chi connectivity index (χ0n) is 13.6. The van der Waals surface area contributed by atoms with Gasteiger partial charge >= 0.3 is 0 Å². The Balaban J connectivity index is 1.76. The van der Waals surface area contributed by atoms with Crippen molar-refractivity contribution in [2.75, 3.05) is 33.4 Å². The van der Waals surface area contributed by atoms with E-state index in [1.807, 2.05) is 0 Å². The average molecular weight is 295 g/mol. The van der Waals surface area contributed by atoms with Crippen LogP contribution in [0.15, 0.2) is 10.6 Å². The molecule has 1 aromatic rings. The standard InChI is InChI=1S/C16H29N3O2/c1-13(2)8-17-9-15-7-16(21-18-15)11-19-6-4-5-14(10-19)12-20-3/h7,13-14,17H,4-6,8-12H2,1-3H3. The predicted molar refractivity (Wildman–Crippen MR) is 82.9 cm³/mol. The summed E-state index contributed by atoms with van der Waals surface area (Å²) in [6.07, 6.45) is 2.51. The summed E-state index contributed by atoms with van der Waals surface area (Å²) in [5, 5.41) is 7.53. The number of methoxy groups -OCH3 is 1. The molecular weight excluding hydrogens is 266 g/mol. The monoisotopic (exact) mass is 295 g/mol. The van der Waals surface area contributed by atoms with Gasteiger partial charge in [-0.2, -0.15) is 0 Å². The Labute approximate surface area is 128 Å². The zero-order valence-corrected chi connectivity index (χ0v) is 13.6. The van der Waals surface area contributed by atoms with Crippen LogP contribution in [0.1, 0.15) is 38.1 Å². The van der Waals surface area contributed by atoms with E-state index in [1.54, 1.807) is 7.11 Å². The first-order chi connectivity index (χ1) is 10.2. The molecular formula is C16H29N3O2. The first-order valence-corrected chi connectivity index (χ1v) is 8.04. The highest BCUT2D eigenvalue weighted by atomic mass is 16.5. The molecule has 0 bridgehead atoms. The molecule has 1 unspecified atom stereocenters. The molecule has 1 saturated heterocycles. The van der Waals surface area contributed by atoms with Crippen LogP contribution < -0.4 is 5.32 Å². The maximum atomic E-state index is 5.46. The van der Waals surface area contributed by atoms with Gasteiger partial charge in [0.1, 0.15) is 0 Å². The van der Waals surface area contributed by atoms with Crippen molar-refractivity contribution in [2.45, 2.75) is 39.8 Å². The fourth-order valence-corrected chi connectivity index (χ4v) is 2.89. The molecule has 5 heteroatoms. The van der Waals surface area contributed by atoms with Crippen molar-refractivity contribution in [3.05, 3.63) is 17.5 Å². The fourth-order valence-electron chi connectivity index (χ4n) is 2.89. The smallest absolute Gasteiger partial charge is 0.151 e. The minimum Gasteiger partial charge on any atom is -0.384 e. The van der Waals surface area contributed by atoms with Gasteiger partial charge in [-0.25, -0.2) is 0 Å². The predicted octanol–water partition coefficient (Wildman–Crippen LogP) is 2.28. The summed E-state index contributed by atoms with van der Waals surface area (Å²) in [5.74, 6) is 2.27. The minimum atomic E-state index is 0.652. The van der Waals surface area contributed by atoms with E-state index in [-0.39, 0.29) is 0 Å². The molecule has 0 spiro atoms. The quantitative estimate of drug-likeness (QED) is 0.797. The van der Waals surface area contributed by atoms with Gasteiger partial charge in [0, 0.05) is 26.3 Å². The summed E-state index contributed by atoms with van der Waals surface area (Å²) in [5.41, 5.74) is 0.996. The van der Waals surface area contributed by atoms with Crippen LogP contribution in [0.3, 0.4) is 0 Å². The second-order valence-electron chi connectivity index (χ2n) is 6.51. The van der Waals surface area contributed by atoms with Gasteiger partial charge in [0.25, 0.3) is 0 Å². The van der Waals surface area contributed by atoms with Gasteiger partial charge in [-0.3, -0.25) is 4.90 Å². The number of piperidine rings is 1. The van der Waals surface area contributed by atoms with E-state index in [2.05, 4.69) is 35.3 Å². The Morgan fingerprint density at radius 2 is 2.38 bits per heavy atom. The lowest BCUT2D eigenvalue weighted by Gasteiger charge is -2.31. The number of ether oxygens (including phenoxy) is 1. The molecule has 2 rings (SSSR count). The van der Waals surface area contributed by atoms with Gasteiger partial charge in [0.05, 0.1) is 18.8 Å². The SMILES string of the molecule is COCC1CCCN(Cc2cc(CNCC(C)C)no2)C1. The molecule has 1 aliphatic rings. The Morgan fingerprint density at radius 3 is 3.14 bits per heavy atom. The zero-order chi connectivity index (χ0) is 15.1. The molecule has 1 atom stereocenters. The number of aromatic nitrogens is 1. The van der Waals surface area contributed by atoms with E-state index < -0.39 is 0 Å². The largest absolute Gasteiger partial charge is 0.384 e. The number of likely N-dealkylation sites (tertiary alicyclic amines) is 1. The number of nitrogens with zero attached hydrogens (tertiary/aromatic N) is 2. The van der Waals surface area contributed by atoms with Gasteiger partial charge in [-0.05, 0) is 37.8 Å². The first kappa shape index (κ1) is 16.5. The number of hydrogen-bond acceptors (Lipinski definition) is 5. The fraction of sp³-hybridized carbons (Fsp3) is 0.812. The molecule has 5 nitrogen and oxygen atoms in total. The van der Waals surface area contributed by atoms with Crippen molar-refractivity contribution >= 4 is 0 Å². The van der Waals surface area contributed by atoms with E-state index in [4.69, 9.17) is 9.26 Å². The summed E-state index contributed by atoms with van der Waals surface area (Å²) >= 11 is 0. The summed E-state index contributed by atoms with van der Waals surface area (Å²) in [6, 6.07) is 2.08. The van der Waals surface area contributed by atoms with Crippen molar-refractivity contribution in [3.63, 3.8) is 0 Å². The molecule has 1 aromatic heterocycles. The van der Waals surface area contributed by atoms with E-state index in [9.17, 15) is 0 Å². The van der Waals surface area contributed by atoms with E-state index in [0.717, 1.165) is 50.8 Å². The third kappa shape index (κ3) is 5.77. The first-order valence-electron chi connectivity index (χ1n) is 8.04. The van der Waals surface area contributed by atoms with E-state index in [1.165, 1.54) is 12.8 Å². The van der Waals surface area contributed by atoms with Gasteiger partial charge in [-0.15, -0.1) is 0 Å². The molecule has 0 aromatic carbocycles. The third-order valence-electron chi connectivity index (χ3n) is 3.85. The molecule has 0 amide bonds. The Hall–Kier alpha value is -0.910. The van der Waals surface area contributed by atoms with Crippen LogP contribution in [0, 0.1) is 11.8 Å². The molecule has 2 heterocycles. The molecule has 0 aliphatic carbocycles. The van der Waals surface area contributed by atoms with E-state index >= 15 is 0 Å². The van der Waals surface area contributed by atoms with Crippen molar-refractivity contribution in [3.8, 4) is 0 Å². The van der Waals surface area contributed by atoms with Crippen LogP contribution in [-0.4, -0.2) is 43.4 Å². The molecule has 1 fully saturated rings. The molecule has 120 valence electrons. The summed E-state index contributed by atoms with van der Waals surface area (Å²) in [4.78, 5) is 2.44. The van der Waals surface area contributed by atoms with Gasteiger partial charge in [-0.1, -0.05) is 19.0 Å². The van der Waals surface area contributed by atoms with Crippen LogP contribution in [0.4, 0.5) is 0 Å². The highest BCUT2D eigenvalue weighted by Crippen LogP contribution is 2.19. The van der Waals surface area contributed by atoms with Crippen molar-refractivity contribution < 1.29 is 9.26 Å². The summed E-state index contributed by atoms with van der Waals surface area (Å²) in [7, 11) is 1.78. The molecule has 0 saturated carbocycles. The number of rotatable bonds is 8. The summed E-state index contributed by atoms with van der Waals surface area (Å²) in [6.45, 7) is 10.1. The van der Waals surface area contributed by atoms with Crippen LogP contribution >= 0.6 is 0 Å². The van der Waals surface area contributed by atoms with Crippen molar-refractivity contribution in [1.29, 1.82) is 0 Å². The second kappa shape index (κ2) is 8.51. The van der Waals surface area contributed by atoms with Crippen LogP contribution in [-0.2, 0) is 17.8 Å². The number of nitrogens with one attached hydrogen (secondary N) is 1. The minimum absolute atomic E-state index is 0.652. The average Bonchev–Trinajstić information content (AvgIpc) is 2.87. The van der Waals surface area contributed by atoms with Crippen LogP contribution in [0.5, 0.6) is 0 Å². The van der Waals surface area contributed by atoms with E-state index in [0.29, 0.717) is 11.8 Å². The third-order valence-corrected chi connectivity index (χ3v) is 3.85. The van der Waals surface area contributed by atoms with Gasteiger partial charge in [0.15, 0.2) is 5.76 Å². The van der Waals surface area contributed by atoms with Crippen molar-refractivity contribution in [1.82, 2.24) is 15.4 Å². The summed E-state index contributed by atoms with van der Waals surface area (Å²) < 4.78 is 10.7. The number of hydrogen-bond donors (Lipinski definition) is 1. The highest BCUT2D eigenvalue weighted by Gasteiger charge is 2.21. The highest BCUT2D eigenvalue weighted by molar-refractivity contribution is 5.05. The maximum absolute atomic E-state index is 5.46. The molecule has 1 aliphatic heterocycles. The second-order valence-corrected chi connectivity index (χ2v) is 6.51. The van der Waals surface area contributed by atoms with Crippen LogP contribution in [0.25, 0.3) is 0 Å². The lowest BCUT2D eigenvalue weighted by atomic mass is 9.99. The maximum Gasteiger partial charge on any atom is 0.151 e. The Kier molecular flexibility index (Phi) is 6.67. The topological polar surface area (TPSA) is 50.5 Å².